The number of carbonyl (C=O) groups excluding carboxylic acids is 1. The van der Waals surface area contributed by atoms with Crippen molar-refractivity contribution in [2.45, 2.75) is 38.6 Å². The van der Waals surface area contributed by atoms with Gasteiger partial charge in [-0.1, -0.05) is 30.3 Å². The van der Waals surface area contributed by atoms with Crippen LogP contribution >= 0.6 is 0 Å². The molecule has 1 unspecified atom stereocenters. The molecule has 1 atom stereocenters. The quantitative estimate of drug-likeness (QED) is 0.917. The van der Waals surface area contributed by atoms with Gasteiger partial charge in [0.15, 0.2) is 0 Å². The van der Waals surface area contributed by atoms with Gasteiger partial charge in [-0.15, -0.1) is 0 Å². The fraction of sp³-hybridized carbons (Fsp3) is 0.533. The molecule has 1 heterocycles. The summed E-state index contributed by atoms with van der Waals surface area (Å²) in [6, 6.07) is 9.40. The van der Waals surface area contributed by atoms with Crippen LogP contribution in [0.2, 0.25) is 0 Å². The number of ether oxygens (including phenoxy) is 2. The van der Waals surface area contributed by atoms with E-state index in [9.17, 15) is 4.79 Å². The molecule has 5 heteroatoms. The van der Waals surface area contributed by atoms with Crippen LogP contribution in [0, 0.1) is 0 Å². The Bertz CT molecular complexity index is 446. The van der Waals surface area contributed by atoms with Crippen molar-refractivity contribution in [1.29, 1.82) is 0 Å². The first kappa shape index (κ1) is 14.8. The van der Waals surface area contributed by atoms with Crippen LogP contribution in [0.3, 0.4) is 0 Å². The zero-order valence-electron chi connectivity index (χ0n) is 11.9. The number of hydrogen-bond donors (Lipinski definition) is 1. The molecule has 110 valence electrons. The summed E-state index contributed by atoms with van der Waals surface area (Å²) < 4.78 is 11.0. The SMILES string of the molecule is CC1(C)OCC(CCO)N1C(=O)OCc1ccccc1. The first-order chi connectivity index (χ1) is 9.54. The molecule has 20 heavy (non-hydrogen) atoms. The van der Waals surface area contributed by atoms with Gasteiger partial charge in [0.05, 0.1) is 12.6 Å². The van der Waals surface area contributed by atoms with Crippen molar-refractivity contribution in [3.63, 3.8) is 0 Å². The van der Waals surface area contributed by atoms with Crippen molar-refractivity contribution in [3.8, 4) is 0 Å². The molecule has 0 radical (unpaired) electrons. The average Bonchev–Trinajstić information content (AvgIpc) is 2.73. The summed E-state index contributed by atoms with van der Waals surface area (Å²) >= 11 is 0. The lowest BCUT2D eigenvalue weighted by atomic mass is 10.2. The summed E-state index contributed by atoms with van der Waals surface area (Å²) in [6.07, 6.45) is 0.0824. The van der Waals surface area contributed by atoms with Gasteiger partial charge >= 0.3 is 6.09 Å². The minimum Gasteiger partial charge on any atom is -0.444 e. The normalized spacial score (nSPS) is 20.9. The van der Waals surface area contributed by atoms with Crippen LogP contribution in [0.15, 0.2) is 30.3 Å². The largest absolute Gasteiger partial charge is 0.444 e. The number of carbonyl (C=O) groups is 1. The maximum absolute atomic E-state index is 12.3. The molecule has 1 aliphatic heterocycles. The highest BCUT2D eigenvalue weighted by Crippen LogP contribution is 2.29. The fourth-order valence-corrected chi connectivity index (χ4v) is 2.40. The fourth-order valence-electron chi connectivity index (χ4n) is 2.40. The molecule has 1 amide bonds. The number of hydrogen-bond acceptors (Lipinski definition) is 4. The molecule has 0 aromatic heterocycles. The minimum atomic E-state index is -0.701. The van der Waals surface area contributed by atoms with Crippen LogP contribution in [0.4, 0.5) is 4.79 Å². The number of aliphatic hydroxyl groups is 1. The highest BCUT2D eigenvalue weighted by atomic mass is 16.6. The third-order valence-electron chi connectivity index (χ3n) is 3.44. The summed E-state index contributed by atoms with van der Waals surface area (Å²) in [6.45, 7) is 4.33. The van der Waals surface area contributed by atoms with E-state index in [0.29, 0.717) is 13.0 Å². The lowest BCUT2D eigenvalue weighted by molar-refractivity contribution is -0.0496. The Balaban J connectivity index is 1.99. The molecule has 0 bridgehead atoms. The number of nitrogens with zero attached hydrogens (tertiary/aromatic N) is 1. The van der Waals surface area contributed by atoms with Gasteiger partial charge in [-0.05, 0) is 25.8 Å². The molecular weight excluding hydrogens is 258 g/mol. The molecule has 5 nitrogen and oxygen atoms in total. The zero-order chi connectivity index (χ0) is 14.6. The maximum atomic E-state index is 12.3. The van der Waals surface area contributed by atoms with E-state index in [1.807, 2.05) is 44.2 Å². The van der Waals surface area contributed by atoms with E-state index >= 15 is 0 Å². The summed E-state index contributed by atoms with van der Waals surface area (Å²) in [5.41, 5.74) is 0.241. The van der Waals surface area contributed by atoms with Crippen LogP contribution in [0.25, 0.3) is 0 Å². The van der Waals surface area contributed by atoms with Gasteiger partial charge in [-0.2, -0.15) is 0 Å². The molecular formula is C15H21NO4. The number of benzene rings is 1. The number of amides is 1. The van der Waals surface area contributed by atoms with Gasteiger partial charge in [0, 0.05) is 6.61 Å². The Morgan fingerprint density at radius 2 is 2.15 bits per heavy atom. The lowest BCUT2D eigenvalue weighted by Crippen LogP contribution is -2.48. The Morgan fingerprint density at radius 1 is 1.45 bits per heavy atom. The Hall–Kier alpha value is -1.59. The molecule has 1 fully saturated rings. The summed E-state index contributed by atoms with van der Waals surface area (Å²) in [4.78, 5) is 13.8. The van der Waals surface area contributed by atoms with Crippen molar-refractivity contribution < 1.29 is 19.4 Å². The maximum Gasteiger partial charge on any atom is 0.412 e. The van der Waals surface area contributed by atoms with E-state index in [0.717, 1.165) is 5.56 Å². The van der Waals surface area contributed by atoms with Gasteiger partial charge in [-0.3, -0.25) is 4.90 Å². The van der Waals surface area contributed by atoms with E-state index in [4.69, 9.17) is 14.6 Å². The molecule has 1 N–H and O–H groups in total. The number of aliphatic hydroxyl groups excluding tert-OH is 1. The van der Waals surface area contributed by atoms with Gasteiger partial charge < -0.3 is 14.6 Å². The van der Waals surface area contributed by atoms with Crippen molar-refractivity contribution in [2.24, 2.45) is 0 Å². The predicted molar refractivity (Wildman–Crippen MR) is 74.0 cm³/mol. The van der Waals surface area contributed by atoms with Crippen molar-refractivity contribution in [1.82, 2.24) is 4.90 Å². The topological polar surface area (TPSA) is 59.0 Å². The van der Waals surface area contributed by atoms with E-state index < -0.39 is 11.8 Å². The van der Waals surface area contributed by atoms with Crippen LogP contribution < -0.4 is 0 Å². The van der Waals surface area contributed by atoms with Crippen LogP contribution in [0.5, 0.6) is 0 Å². The lowest BCUT2D eigenvalue weighted by Gasteiger charge is -2.32. The van der Waals surface area contributed by atoms with Gasteiger partial charge in [0.2, 0.25) is 0 Å². The molecule has 0 spiro atoms. The second-order valence-electron chi connectivity index (χ2n) is 5.33. The Morgan fingerprint density at radius 3 is 2.80 bits per heavy atom. The monoisotopic (exact) mass is 279 g/mol. The Labute approximate surface area is 119 Å². The highest BCUT2D eigenvalue weighted by molar-refractivity contribution is 5.69. The van der Waals surface area contributed by atoms with Crippen LogP contribution in [-0.4, -0.2) is 41.1 Å². The van der Waals surface area contributed by atoms with Crippen LogP contribution in [-0.2, 0) is 16.1 Å². The summed E-state index contributed by atoms with van der Waals surface area (Å²) in [7, 11) is 0. The van der Waals surface area contributed by atoms with Crippen molar-refractivity contribution in [3.05, 3.63) is 35.9 Å². The molecule has 1 aliphatic rings. The molecule has 0 aliphatic carbocycles. The van der Waals surface area contributed by atoms with Gasteiger partial charge in [0.1, 0.15) is 12.3 Å². The smallest absolute Gasteiger partial charge is 0.412 e. The Kier molecular flexibility index (Phi) is 4.62. The van der Waals surface area contributed by atoms with E-state index in [1.54, 1.807) is 4.90 Å². The average molecular weight is 279 g/mol. The zero-order valence-corrected chi connectivity index (χ0v) is 11.9. The van der Waals surface area contributed by atoms with Gasteiger partial charge in [-0.25, -0.2) is 4.79 Å². The van der Waals surface area contributed by atoms with E-state index in [1.165, 1.54) is 0 Å². The highest BCUT2D eigenvalue weighted by Gasteiger charge is 2.44. The predicted octanol–water partition coefficient (Wildman–Crippen LogP) is 2.14. The molecule has 0 saturated carbocycles. The first-order valence-corrected chi connectivity index (χ1v) is 6.79. The number of rotatable bonds is 4. The molecule has 2 rings (SSSR count). The van der Waals surface area contributed by atoms with Crippen molar-refractivity contribution in [2.75, 3.05) is 13.2 Å². The third-order valence-corrected chi connectivity index (χ3v) is 3.44. The second kappa shape index (κ2) is 6.24. The minimum absolute atomic E-state index is 0.0204. The third kappa shape index (κ3) is 3.29. The molecule has 1 aromatic carbocycles. The van der Waals surface area contributed by atoms with E-state index in [-0.39, 0.29) is 19.3 Å². The second-order valence-corrected chi connectivity index (χ2v) is 5.33. The van der Waals surface area contributed by atoms with E-state index in [2.05, 4.69) is 0 Å². The first-order valence-electron chi connectivity index (χ1n) is 6.79. The van der Waals surface area contributed by atoms with Crippen LogP contribution in [0.1, 0.15) is 25.8 Å². The summed E-state index contributed by atoms with van der Waals surface area (Å²) in [5, 5.41) is 9.07. The standard InChI is InChI=1S/C15H21NO4/c1-15(2)16(13(8-9-17)11-20-15)14(18)19-10-12-6-4-3-5-7-12/h3-7,13,17H,8-11H2,1-2H3. The molecule has 1 saturated heterocycles. The van der Waals surface area contributed by atoms with Crippen molar-refractivity contribution >= 4 is 6.09 Å². The van der Waals surface area contributed by atoms with Gasteiger partial charge in [0.25, 0.3) is 0 Å². The summed E-state index contributed by atoms with van der Waals surface area (Å²) in [5.74, 6) is 0. The molecule has 1 aromatic rings.